The summed E-state index contributed by atoms with van der Waals surface area (Å²) in [5, 5.41) is 11.7. The molecule has 0 rings (SSSR count). The summed E-state index contributed by atoms with van der Waals surface area (Å²) in [6.45, 7) is 9.38. The van der Waals surface area contributed by atoms with Crippen molar-refractivity contribution < 1.29 is 14.7 Å². The third-order valence-electron chi connectivity index (χ3n) is 2.71. The van der Waals surface area contributed by atoms with E-state index in [9.17, 15) is 9.59 Å². The first kappa shape index (κ1) is 15.9. The maximum absolute atomic E-state index is 11.8. The van der Waals surface area contributed by atoms with Gasteiger partial charge in [-0.3, -0.25) is 9.59 Å². The van der Waals surface area contributed by atoms with E-state index in [2.05, 4.69) is 5.32 Å². The highest BCUT2D eigenvalue weighted by Crippen LogP contribution is 2.26. The Hall–Kier alpha value is -1.10. The van der Waals surface area contributed by atoms with Gasteiger partial charge in [-0.1, -0.05) is 27.7 Å². The van der Waals surface area contributed by atoms with Crippen LogP contribution in [0.2, 0.25) is 0 Å². The Morgan fingerprint density at radius 3 is 2.24 bits per heavy atom. The average molecular weight is 244 g/mol. The van der Waals surface area contributed by atoms with Crippen LogP contribution in [0.15, 0.2) is 0 Å². The zero-order chi connectivity index (χ0) is 13.6. The Morgan fingerprint density at radius 1 is 1.35 bits per heavy atom. The lowest BCUT2D eigenvalue weighted by Crippen LogP contribution is -2.44. The van der Waals surface area contributed by atoms with Gasteiger partial charge in [-0.15, -0.1) is 0 Å². The first-order valence-electron chi connectivity index (χ1n) is 5.89. The van der Waals surface area contributed by atoms with Crippen molar-refractivity contribution >= 4 is 11.9 Å². The molecular weight excluding hydrogens is 220 g/mol. The number of likely N-dealkylation sites (N-methyl/N-ethyl adjacent to an activating group) is 1. The summed E-state index contributed by atoms with van der Waals surface area (Å²) in [5.74, 6) is -2.48. The van der Waals surface area contributed by atoms with Crippen molar-refractivity contribution in [2.45, 2.75) is 27.7 Å². The summed E-state index contributed by atoms with van der Waals surface area (Å²) in [7, 11) is 1.95. The van der Waals surface area contributed by atoms with Crippen LogP contribution in [-0.2, 0) is 9.59 Å². The molecule has 17 heavy (non-hydrogen) atoms. The van der Waals surface area contributed by atoms with E-state index in [1.54, 1.807) is 20.8 Å². The highest BCUT2D eigenvalue weighted by atomic mass is 16.4. The molecule has 0 saturated carbocycles. The predicted molar refractivity (Wildman–Crippen MR) is 66.8 cm³/mol. The van der Waals surface area contributed by atoms with Crippen molar-refractivity contribution in [2.24, 2.45) is 11.3 Å². The summed E-state index contributed by atoms with van der Waals surface area (Å²) in [5.41, 5.74) is -0.577. The number of rotatable bonds is 6. The Morgan fingerprint density at radius 2 is 1.88 bits per heavy atom. The van der Waals surface area contributed by atoms with E-state index in [4.69, 9.17) is 5.11 Å². The van der Waals surface area contributed by atoms with Crippen LogP contribution in [-0.4, -0.2) is 48.6 Å². The second-order valence-electron chi connectivity index (χ2n) is 5.32. The van der Waals surface area contributed by atoms with Crippen molar-refractivity contribution in [3.8, 4) is 0 Å². The molecule has 0 aromatic carbocycles. The minimum absolute atomic E-state index is 0.408. The second kappa shape index (κ2) is 6.59. The summed E-state index contributed by atoms with van der Waals surface area (Å²) in [6, 6.07) is 0. The third-order valence-corrected chi connectivity index (χ3v) is 2.71. The molecule has 0 heterocycles. The SMILES string of the molecule is CCN(C)CCNC(=O)C(C(=O)O)C(C)(C)C. The topological polar surface area (TPSA) is 69.6 Å². The minimum atomic E-state index is -1.07. The monoisotopic (exact) mass is 244 g/mol. The lowest BCUT2D eigenvalue weighted by atomic mass is 9.80. The molecule has 0 saturated heterocycles. The van der Waals surface area contributed by atoms with Crippen LogP contribution in [0.3, 0.4) is 0 Å². The molecule has 1 amide bonds. The lowest BCUT2D eigenvalue weighted by Gasteiger charge is -2.26. The third kappa shape index (κ3) is 5.68. The van der Waals surface area contributed by atoms with E-state index < -0.39 is 23.2 Å². The Balaban J connectivity index is 4.32. The fourth-order valence-corrected chi connectivity index (χ4v) is 1.51. The highest BCUT2D eigenvalue weighted by molar-refractivity contribution is 5.97. The number of carbonyl (C=O) groups is 2. The van der Waals surface area contributed by atoms with Gasteiger partial charge in [-0.05, 0) is 19.0 Å². The molecule has 0 aromatic rings. The van der Waals surface area contributed by atoms with Crippen molar-refractivity contribution in [3.63, 3.8) is 0 Å². The van der Waals surface area contributed by atoms with E-state index in [1.165, 1.54) is 0 Å². The molecule has 0 aliphatic heterocycles. The van der Waals surface area contributed by atoms with Crippen molar-refractivity contribution in [1.82, 2.24) is 10.2 Å². The molecule has 0 aliphatic rings. The number of nitrogens with zero attached hydrogens (tertiary/aromatic N) is 1. The fourth-order valence-electron chi connectivity index (χ4n) is 1.51. The first-order valence-corrected chi connectivity index (χ1v) is 5.89. The molecule has 5 nitrogen and oxygen atoms in total. The van der Waals surface area contributed by atoms with Gasteiger partial charge < -0.3 is 15.3 Å². The summed E-state index contributed by atoms with van der Waals surface area (Å²) in [6.07, 6.45) is 0. The number of hydrogen-bond donors (Lipinski definition) is 2. The molecule has 0 aliphatic carbocycles. The average Bonchev–Trinajstić information content (AvgIpc) is 2.14. The van der Waals surface area contributed by atoms with Crippen LogP contribution in [0.5, 0.6) is 0 Å². The van der Waals surface area contributed by atoms with E-state index in [0.29, 0.717) is 6.54 Å². The van der Waals surface area contributed by atoms with Crippen LogP contribution >= 0.6 is 0 Å². The number of carboxylic acid groups (broad SMARTS) is 1. The number of carbonyl (C=O) groups excluding carboxylic acids is 1. The number of aliphatic carboxylic acids is 1. The molecule has 1 unspecified atom stereocenters. The number of amides is 1. The molecule has 5 heteroatoms. The Kier molecular flexibility index (Phi) is 6.16. The van der Waals surface area contributed by atoms with Crippen molar-refractivity contribution in [2.75, 3.05) is 26.7 Å². The summed E-state index contributed by atoms with van der Waals surface area (Å²) in [4.78, 5) is 24.9. The van der Waals surface area contributed by atoms with Gasteiger partial charge >= 0.3 is 5.97 Å². The Labute approximate surface area is 103 Å². The zero-order valence-corrected chi connectivity index (χ0v) is 11.4. The van der Waals surface area contributed by atoms with Gasteiger partial charge in [0.1, 0.15) is 5.92 Å². The molecule has 0 radical (unpaired) electrons. The zero-order valence-electron chi connectivity index (χ0n) is 11.4. The highest BCUT2D eigenvalue weighted by Gasteiger charge is 2.37. The summed E-state index contributed by atoms with van der Waals surface area (Å²) < 4.78 is 0. The van der Waals surface area contributed by atoms with Crippen LogP contribution in [0.4, 0.5) is 0 Å². The van der Waals surface area contributed by atoms with Gasteiger partial charge in [-0.2, -0.15) is 0 Å². The molecule has 0 spiro atoms. The van der Waals surface area contributed by atoms with Gasteiger partial charge in [0, 0.05) is 13.1 Å². The largest absolute Gasteiger partial charge is 0.481 e. The molecule has 100 valence electrons. The van der Waals surface area contributed by atoms with Crippen molar-refractivity contribution in [3.05, 3.63) is 0 Å². The van der Waals surface area contributed by atoms with Crippen LogP contribution in [0, 0.1) is 11.3 Å². The smallest absolute Gasteiger partial charge is 0.316 e. The lowest BCUT2D eigenvalue weighted by molar-refractivity contribution is -0.151. The normalized spacial score (nSPS) is 13.5. The number of carboxylic acids is 1. The minimum Gasteiger partial charge on any atom is -0.481 e. The molecule has 1 atom stereocenters. The summed E-state index contributed by atoms with van der Waals surface area (Å²) >= 11 is 0. The maximum Gasteiger partial charge on any atom is 0.316 e. The Bertz CT molecular complexity index is 271. The molecule has 2 N–H and O–H groups in total. The van der Waals surface area contributed by atoms with E-state index >= 15 is 0 Å². The standard InChI is InChI=1S/C12H24N2O3/c1-6-14(5)8-7-13-10(15)9(11(16)17)12(2,3)4/h9H,6-8H2,1-5H3,(H,13,15)(H,16,17). The fraction of sp³-hybridized carbons (Fsp3) is 0.833. The molecular formula is C12H24N2O3. The van der Waals surface area contributed by atoms with Gasteiger partial charge in [0.15, 0.2) is 0 Å². The molecule has 0 fully saturated rings. The van der Waals surface area contributed by atoms with Gasteiger partial charge in [0.05, 0.1) is 0 Å². The van der Waals surface area contributed by atoms with E-state index in [0.717, 1.165) is 13.1 Å². The van der Waals surface area contributed by atoms with Crippen LogP contribution < -0.4 is 5.32 Å². The quantitative estimate of drug-likeness (QED) is 0.678. The molecule has 0 aromatic heterocycles. The maximum atomic E-state index is 11.8. The number of hydrogen-bond acceptors (Lipinski definition) is 3. The van der Waals surface area contributed by atoms with Gasteiger partial charge in [-0.25, -0.2) is 0 Å². The molecule has 0 bridgehead atoms. The first-order chi connectivity index (χ1) is 7.70. The van der Waals surface area contributed by atoms with Gasteiger partial charge in [0.2, 0.25) is 5.91 Å². The van der Waals surface area contributed by atoms with Crippen LogP contribution in [0.25, 0.3) is 0 Å². The van der Waals surface area contributed by atoms with E-state index in [-0.39, 0.29) is 0 Å². The van der Waals surface area contributed by atoms with Crippen molar-refractivity contribution in [1.29, 1.82) is 0 Å². The van der Waals surface area contributed by atoms with E-state index in [1.807, 2.05) is 18.9 Å². The number of nitrogens with one attached hydrogen (secondary N) is 1. The predicted octanol–water partition coefficient (Wildman–Crippen LogP) is 0.801. The van der Waals surface area contributed by atoms with Crippen LogP contribution in [0.1, 0.15) is 27.7 Å². The second-order valence-corrected chi connectivity index (χ2v) is 5.32. The van der Waals surface area contributed by atoms with Gasteiger partial charge in [0.25, 0.3) is 0 Å².